The van der Waals surface area contributed by atoms with Crippen molar-refractivity contribution in [1.82, 2.24) is 5.32 Å². The van der Waals surface area contributed by atoms with Crippen molar-refractivity contribution in [2.24, 2.45) is 0 Å². The summed E-state index contributed by atoms with van der Waals surface area (Å²) < 4.78 is 5.57. The summed E-state index contributed by atoms with van der Waals surface area (Å²) in [6.07, 6.45) is 1.75. The Bertz CT molecular complexity index is 363. The number of ether oxygens (including phenoxy) is 1. The molecule has 88 valence electrons. The van der Waals surface area contributed by atoms with Crippen LogP contribution in [0, 0.1) is 0 Å². The molecule has 0 saturated heterocycles. The number of hydrogen-bond donors (Lipinski definition) is 2. The van der Waals surface area contributed by atoms with Crippen molar-refractivity contribution in [2.75, 3.05) is 13.7 Å². The third-order valence-corrected chi connectivity index (χ3v) is 3.09. The SMILES string of the molecule is CNC(c1ccc2c(c1)CCCO2)C(C)O. The fourth-order valence-electron chi connectivity index (χ4n) is 2.26. The Hall–Kier alpha value is -1.06. The number of benzene rings is 1. The maximum atomic E-state index is 9.68. The lowest BCUT2D eigenvalue weighted by molar-refractivity contribution is 0.150. The smallest absolute Gasteiger partial charge is 0.122 e. The third-order valence-electron chi connectivity index (χ3n) is 3.09. The van der Waals surface area contributed by atoms with E-state index in [0.717, 1.165) is 30.8 Å². The van der Waals surface area contributed by atoms with Gasteiger partial charge in [0.15, 0.2) is 0 Å². The summed E-state index contributed by atoms with van der Waals surface area (Å²) in [7, 11) is 1.87. The minimum Gasteiger partial charge on any atom is -0.493 e. The lowest BCUT2D eigenvalue weighted by Crippen LogP contribution is -2.27. The molecule has 0 aliphatic carbocycles. The number of aryl methyl sites for hydroxylation is 1. The van der Waals surface area contributed by atoms with Crippen molar-refractivity contribution in [3.63, 3.8) is 0 Å². The van der Waals surface area contributed by atoms with E-state index in [1.54, 1.807) is 6.92 Å². The van der Waals surface area contributed by atoms with Gasteiger partial charge in [-0.2, -0.15) is 0 Å². The number of nitrogens with one attached hydrogen (secondary N) is 1. The summed E-state index contributed by atoms with van der Waals surface area (Å²) in [5.41, 5.74) is 2.38. The van der Waals surface area contributed by atoms with Crippen LogP contribution in [0.25, 0.3) is 0 Å². The minimum atomic E-state index is -0.396. The largest absolute Gasteiger partial charge is 0.493 e. The molecule has 1 heterocycles. The van der Waals surface area contributed by atoms with Crippen LogP contribution in [0.5, 0.6) is 5.75 Å². The fraction of sp³-hybridized carbons (Fsp3) is 0.538. The molecule has 1 aliphatic heterocycles. The average Bonchev–Trinajstić information content (AvgIpc) is 2.29. The zero-order valence-electron chi connectivity index (χ0n) is 9.86. The fourth-order valence-corrected chi connectivity index (χ4v) is 2.26. The van der Waals surface area contributed by atoms with Crippen LogP contribution >= 0.6 is 0 Å². The molecule has 1 aromatic carbocycles. The zero-order chi connectivity index (χ0) is 11.5. The molecule has 2 atom stereocenters. The Balaban J connectivity index is 2.28. The Morgan fingerprint density at radius 3 is 2.94 bits per heavy atom. The van der Waals surface area contributed by atoms with Crippen LogP contribution in [0.3, 0.4) is 0 Å². The standard InChI is InChI=1S/C13H19NO2/c1-9(15)13(14-2)11-5-6-12-10(8-11)4-3-7-16-12/h5-6,8-9,13-15H,3-4,7H2,1-2H3. The topological polar surface area (TPSA) is 41.5 Å². The van der Waals surface area contributed by atoms with Gasteiger partial charge in [0.05, 0.1) is 18.8 Å². The van der Waals surface area contributed by atoms with Crippen molar-refractivity contribution in [3.8, 4) is 5.75 Å². The molecule has 0 bridgehead atoms. The van der Waals surface area contributed by atoms with Crippen molar-refractivity contribution < 1.29 is 9.84 Å². The van der Waals surface area contributed by atoms with Gasteiger partial charge < -0.3 is 15.2 Å². The quantitative estimate of drug-likeness (QED) is 0.815. The molecule has 1 aromatic rings. The highest BCUT2D eigenvalue weighted by atomic mass is 16.5. The number of aliphatic hydroxyl groups is 1. The molecule has 0 amide bonds. The average molecular weight is 221 g/mol. The van der Waals surface area contributed by atoms with Gasteiger partial charge in [0.25, 0.3) is 0 Å². The van der Waals surface area contributed by atoms with Gasteiger partial charge in [0.2, 0.25) is 0 Å². The summed E-state index contributed by atoms with van der Waals surface area (Å²) in [5, 5.41) is 12.8. The third kappa shape index (κ3) is 2.20. The van der Waals surface area contributed by atoms with E-state index in [1.807, 2.05) is 19.2 Å². The van der Waals surface area contributed by atoms with Crippen LogP contribution in [0.2, 0.25) is 0 Å². The highest BCUT2D eigenvalue weighted by molar-refractivity contribution is 5.39. The van der Waals surface area contributed by atoms with Gasteiger partial charge in [0.1, 0.15) is 5.75 Å². The molecule has 0 saturated carbocycles. The Morgan fingerprint density at radius 2 is 2.25 bits per heavy atom. The first-order valence-electron chi connectivity index (χ1n) is 5.83. The maximum Gasteiger partial charge on any atom is 0.122 e. The predicted octanol–water partition coefficient (Wildman–Crippen LogP) is 1.65. The summed E-state index contributed by atoms with van der Waals surface area (Å²) in [4.78, 5) is 0. The second-order valence-electron chi connectivity index (χ2n) is 4.33. The number of rotatable bonds is 3. The van der Waals surface area contributed by atoms with Crippen molar-refractivity contribution in [1.29, 1.82) is 0 Å². The van der Waals surface area contributed by atoms with Crippen LogP contribution in [-0.2, 0) is 6.42 Å². The van der Waals surface area contributed by atoms with E-state index in [0.29, 0.717) is 0 Å². The summed E-state index contributed by atoms with van der Waals surface area (Å²) in [6, 6.07) is 6.17. The second-order valence-corrected chi connectivity index (χ2v) is 4.33. The van der Waals surface area contributed by atoms with Gasteiger partial charge in [0, 0.05) is 0 Å². The van der Waals surface area contributed by atoms with Crippen LogP contribution < -0.4 is 10.1 Å². The number of hydrogen-bond acceptors (Lipinski definition) is 3. The molecule has 3 nitrogen and oxygen atoms in total. The monoisotopic (exact) mass is 221 g/mol. The molecule has 3 heteroatoms. The summed E-state index contributed by atoms with van der Waals surface area (Å²) in [5.74, 6) is 0.996. The first kappa shape index (κ1) is 11.4. The van der Waals surface area contributed by atoms with E-state index < -0.39 is 6.10 Å². The highest BCUT2D eigenvalue weighted by Gasteiger charge is 2.18. The summed E-state index contributed by atoms with van der Waals surface area (Å²) >= 11 is 0. The van der Waals surface area contributed by atoms with Crippen molar-refractivity contribution in [2.45, 2.75) is 31.9 Å². The highest BCUT2D eigenvalue weighted by Crippen LogP contribution is 2.28. The van der Waals surface area contributed by atoms with Gasteiger partial charge in [-0.25, -0.2) is 0 Å². The van der Waals surface area contributed by atoms with Gasteiger partial charge in [-0.1, -0.05) is 12.1 Å². The van der Waals surface area contributed by atoms with Crippen LogP contribution in [0.4, 0.5) is 0 Å². The van der Waals surface area contributed by atoms with E-state index in [2.05, 4.69) is 11.4 Å². The van der Waals surface area contributed by atoms with E-state index in [1.165, 1.54) is 5.56 Å². The molecule has 2 N–H and O–H groups in total. The lowest BCUT2D eigenvalue weighted by Gasteiger charge is -2.23. The van der Waals surface area contributed by atoms with Crippen molar-refractivity contribution >= 4 is 0 Å². The maximum absolute atomic E-state index is 9.68. The van der Waals surface area contributed by atoms with Crippen molar-refractivity contribution in [3.05, 3.63) is 29.3 Å². The molecule has 2 rings (SSSR count). The first-order valence-corrected chi connectivity index (χ1v) is 5.83. The summed E-state index contributed by atoms with van der Waals surface area (Å²) in [6.45, 7) is 2.62. The number of likely N-dealkylation sites (N-methyl/N-ethyl adjacent to an activating group) is 1. The Morgan fingerprint density at radius 1 is 1.44 bits per heavy atom. The zero-order valence-corrected chi connectivity index (χ0v) is 9.86. The first-order chi connectivity index (χ1) is 7.72. The molecular formula is C13H19NO2. The lowest BCUT2D eigenvalue weighted by atomic mass is 9.97. The van der Waals surface area contributed by atoms with E-state index in [-0.39, 0.29) is 6.04 Å². The molecule has 0 fully saturated rings. The molecule has 2 unspecified atom stereocenters. The van der Waals surface area contributed by atoms with E-state index >= 15 is 0 Å². The predicted molar refractivity (Wildman–Crippen MR) is 63.7 cm³/mol. The van der Waals surface area contributed by atoms with Gasteiger partial charge >= 0.3 is 0 Å². The Kier molecular flexibility index (Phi) is 3.46. The molecular weight excluding hydrogens is 202 g/mol. The second kappa shape index (κ2) is 4.85. The number of aliphatic hydroxyl groups excluding tert-OH is 1. The van der Waals surface area contributed by atoms with Gasteiger partial charge in [-0.15, -0.1) is 0 Å². The van der Waals surface area contributed by atoms with E-state index in [4.69, 9.17) is 4.74 Å². The number of fused-ring (bicyclic) bond motifs is 1. The van der Waals surface area contributed by atoms with E-state index in [9.17, 15) is 5.11 Å². The molecule has 0 aromatic heterocycles. The minimum absolute atomic E-state index is 0.00720. The molecule has 0 spiro atoms. The molecule has 1 aliphatic rings. The van der Waals surface area contributed by atoms with Crippen LogP contribution in [0.15, 0.2) is 18.2 Å². The van der Waals surface area contributed by atoms with Crippen LogP contribution in [0.1, 0.15) is 30.5 Å². The van der Waals surface area contributed by atoms with Gasteiger partial charge in [-0.3, -0.25) is 0 Å². The Labute approximate surface area is 96.4 Å². The molecule has 16 heavy (non-hydrogen) atoms. The van der Waals surface area contributed by atoms with Gasteiger partial charge in [-0.05, 0) is 44.0 Å². The normalized spacial score (nSPS) is 18.4. The van der Waals surface area contributed by atoms with Crippen LogP contribution in [-0.4, -0.2) is 24.9 Å². The molecule has 0 radical (unpaired) electrons.